The fraction of sp³-hybridized carbons (Fsp3) is 0.267. The third kappa shape index (κ3) is 2.96. The van der Waals surface area contributed by atoms with E-state index in [0.717, 1.165) is 0 Å². The molecule has 0 aliphatic heterocycles. The number of nitrogens with zero attached hydrogens (tertiary/aromatic N) is 1. The Balaban J connectivity index is 2.67. The van der Waals surface area contributed by atoms with Gasteiger partial charge in [-0.3, -0.25) is 14.6 Å². The average molecular weight is 319 g/mol. The Hall–Kier alpha value is -3.03. The normalized spacial score (nSPS) is 11.8. The van der Waals surface area contributed by atoms with Crippen molar-refractivity contribution in [2.75, 3.05) is 20.0 Å². The number of hydrogen-bond acceptors (Lipinski definition) is 6. The summed E-state index contributed by atoms with van der Waals surface area (Å²) >= 11 is 0. The predicted octanol–water partition coefficient (Wildman–Crippen LogP) is 1.04. The molecule has 23 heavy (non-hydrogen) atoms. The zero-order valence-corrected chi connectivity index (χ0v) is 12.9. The van der Waals surface area contributed by atoms with Crippen molar-refractivity contribution >= 4 is 28.3 Å². The first-order valence-electron chi connectivity index (χ1n) is 6.73. The summed E-state index contributed by atoms with van der Waals surface area (Å²) in [7, 11) is 2.88. The Morgan fingerprint density at radius 2 is 2.04 bits per heavy atom. The number of nitrogens with two attached hydrogens (primary N) is 1. The number of hydrogen-bond donors (Lipinski definition) is 3. The number of rotatable bonds is 5. The molecule has 8 nitrogen and oxygen atoms in total. The summed E-state index contributed by atoms with van der Waals surface area (Å²) in [5.41, 5.74) is 6.39. The molecule has 1 heterocycles. The van der Waals surface area contributed by atoms with Gasteiger partial charge < -0.3 is 25.6 Å². The number of nitrogen functional groups attached to an aromatic ring is 1. The van der Waals surface area contributed by atoms with Crippen molar-refractivity contribution in [3.05, 3.63) is 24.0 Å². The van der Waals surface area contributed by atoms with Gasteiger partial charge in [0.15, 0.2) is 11.5 Å². The quantitative estimate of drug-likeness (QED) is 0.703. The molecule has 2 rings (SSSR count). The number of pyridine rings is 1. The minimum Gasteiger partial charge on any atom is -0.493 e. The highest BCUT2D eigenvalue weighted by molar-refractivity contribution is 6.12. The number of fused-ring (bicyclic) bond motifs is 1. The van der Waals surface area contributed by atoms with Crippen molar-refractivity contribution < 1.29 is 24.2 Å². The van der Waals surface area contributed by atoms with Crippen LogP contribution in [0.3, 0.4) is 0 Å². The van der Waals surface area contributed by atoms with Crippen LogP contribution in [0.2, 0.25) is 0 Å². The predicted molar refractivity (Wildman–Crippen MR) is 83.8 cm³/mol. The van der Waals surface area contributed by atoms with Gasteiger partial charge in [0.2, 0.25) is 0 Å². The number of anilines is 1. The molecular formula is C15H17N3O5. The molecule has 4 N–H and O–H groups in total. The maximum absolute atomic E-state index is 12.4. The lowest BCUT2D eigenvalue weighted by molar-refractivity contribution is -0.138. The Morgan fingerprint density at radius 3 is 2.61 bits per heavy atom. The third-order valence-electron chi connectivity index (χ3n) is 3.36. The summed E-state index contributed by atoms with van der Waals surface area (Å²) in [6, 6.07) is 2.17. The first kappa shape index (κ1) is 16.3. The second-order valence-electron chi connectivity index (χ2n) is 4.82. The zero-order valence-electron chi connectivity index (χ0n) is 12.9. The third-order valence-corrected chi connectivity index (χ3v) is 3.36. The number of carboxylic acids is 1. The summed E-state index contributed by atoms with van der Waals surface area (Å²) in [6.45, 7) is 1.36. The first-order valence-corrected chi connectivity index (χ1v) is 6.73. The van der Waals surface area contributed by atoms with Gasteiger partial charge >= 0.3 is 5.97 Å². The lowest BCUT2D eigenvalue weighted by atomic mass is 10.1. The smallest absolute Gasteiger partial charge is 0.325 e. The SMILES string of the molecule is COc1cc(N)c2ccnc(C(=O)NC(C)C(=O)O)c2c1OC. The van der Waals surface area contributed by atoms with Crippen LogP contribution in [-0.2, 0) is 4.79 Å². The van der Waals surface area contributed by atoms with Gasteiger partial charge in [-0.05, 0) is 13.0 Å². The van der Waals surface area contributed by atoms with Crippen molar-refractivity contribution in [3.63, 3.8) is 0 Å². The van der Waals surface area contributed by atoms with Crippen molar-refractivity contribution in [2.24, 2.45) is 0 Å². The molecule has 0 bridgehead atoms. The molecule has 0 saturated carbocycles. The fourth-order valence-electron chi connectivity index (χ4n) is 2.19. The van der Waals surface area contributed by atoms with Crippen LogP contribution in [0.4, 0.5) is 5.69 Å². The lowest BCUT2D eigenvalue weighted by Crippen LogP contribution is -2.38. The molecule has 0 spiro atoms. The summed E-state index contributed by atoms with van der Waals surface area (Å²) in [5, 5.41) is 12.2. The summed E-state index contributed by atoms with van der Waals surface area (Å²) in [4.78, 5) is 27.3. The van der Waals surface area contributed by atoms with Crippen LogP contribution < -0.4 is 20.5 Å². The second kappa shape index (κ2) is 6.39. The van der Waals surface area contributed by atoms with Crippen LogP contribution in [0.25, 0.3) is 10.8 Å². The highest BCUT2D eigenvalue weighted by Crippen LogP contribution is 2.40. The topological polar surface area (TPSA) is 124 Å². The minimum absolute atomic E-state index is 0.0121. The maximum atomic E-state index is 12.4. The standard InChI is InChI=1S/C15H17N3O5/c1-7(15(20)21)18-14(19)12-11-8(4-5-17-12)9(16)6-10(22-2)13(11)23-3/h4-7H,16H2,1-3H3,(H,18,19)(H,20,21). The molecule has 122 valence electrons. The van der Waals surface area contributed by atoms with Gasteiger partial charge in [0.25, 0.3) is 5.91 Å². The molecule has 0 radical (unpaired) electrons. The van der Waals surface area contributed by atoms with E-state index in [2.05, 4.69) is 10.3 Å². The molecule has 2 aromatic rings. The molecule has 1 aromatic heterocycles. The van der Waals surface area contributed by atoms with Gasteiger partial charge in [0.05, 0.1) is 19.6 Å². The van der Waals surface area contributed by atoms with E-state index in [0.29, 0.717) is 28.0 Å². The number of carbonyl (C=O) groups excluding carboxylic acids is 1. The number of methoxy groups -OCH3 is 2. The van der Waals surface area contributed by atoms with Gasteiger partial charge in [-0.2, -0.15) is 0 Å². The first-order chi connectivity index (χ1) is 10.9. The number of aromatic nitrogens is 1. The van der Waals surface area contributed by atoms with Crippen molar-refractivity contribution in [2.45, 2.75) is 13.0 Å². The largest absolute Gasteiger partial charge is 0.493 e. The monoisotopic (exact) mass is 319 g/mol. The molecule has 0 aliphatic rings. The lowest BCUT2D eigenvalue weighted by Gasteiger charge is -2.16. The van der Waals surface area contributed by atoms with Crippen LogP contribution in [0.5, 0.6) is 11.5 Å². The van der Waals surface area contributed by atoms with E-state index in [-0.39, 0.29) is 5.69 Å². The van der Waals surface area contributed by atoms with E-state index in [4.69, 9.17) is 20.3 Å². The van der Waals surface area contributed by atoms with Crippen LogP contribution in [0, 0.1) is 0 Å². The zero-order chi connectivity index (χ0) is 17.1. The van der Waals surface area contributed by atoms with Crippen LogP contribution in [0.15, 0.2) is 18.3 Å². The highest BCUT2D eigenvalue weighted by Gasteiger charge is 2.23. The van der Waals surface area contributed by atoms with Crippen molar-refractivity contribution in [3.8, 4) is 11.5 Å². The van der Waals surface area contributed by atoms with E-state index in [1.807, 2.05) is 0 Å². The molecular weight excluding hydrogens is 302 g/mol. The van der Waals surface area contributed by atoms with Crippen LogP contribution in [-0.4, -0.2) is 42.2 Å². The number of amides is 1. The average Bonchev–Trinajstić information content (AvgIpc) is 2.53. The molecule has 1 amide bonds. The summed E-state index contributed by atoms with van der Waals surface area (Å²) in [5.74, 6) is -1.14. The Labute approximate surface area is 132 Å². The van der Waals surface area contributed by atoms with Gasteiger partial charge in [-0.15, -0.1) is 0 Å². The van der Waals surface area contributed by atoms with E-state index in [1.165, 1.54) is 27.3 Å². The molecule has 1 aromatic carbocycles. The molecule has 0 fully saturated rings. The van der Waals surface area contributed by atoms with E-state index >= 15 is 0 Å². The maximum Gasteiger partial charge on any atom is 0.325 e. The van der Waals surface area contributed by atoms with Gasteiger partial charge in [-0.25, -0.2) is 0 Å². The van der Waals surface area contributed by atoms with E-state index < -0.39 is 17.9 Å². The number of carboxylic acid groups (broad SMARTS) is 1. The van der Waals surface area contributed by atoms with Crippen LogP contribution >= 0.6 is 0 Å². The van der Waals surface area contributed by atoms with Crippen LogP contribution in [0.1, 0.15) is 17.4 Å². The molecule has 1 unspecified atom stereocenters. The van der Waals surface area contributed by atoms with Gasteiger partial charge in [0.1, 0.15) is 11.7 Å². The molecule has 1 atom stereocenters. The second-order valence-corrected chi connectivity index (χ2v) is 4.82. The van der Waals surface area contributed by atoms with E-state index in [9.17, 15) is 9.59 Å². The number of ether oxygens (including phenoxy) is 2. The summed E-state index contributed by atoms with van der Waals surface area (Å²) in [6.07, 6.45) is 1.42. The summed E-state index contributed by atoms with van der Waals surface area (Å²) < 4.78 is 10.6. The fourth-order valence-corrected chi connectivity index (χ4v) is 2.19. The number of aliphatic carboxylic acids is 1. The Bertz CT molecular complexity index is 775. The molecule has 0 saturated heterocycles. The van der Waals surface area contributed by atoms with Gasteiger partial charge in [0, 0.05) is 23.3 Å². The van der Waals surface area contributed by atoms with Gasteiger partial charge in [-0.1, -0.05) is 0 Å². The number of benzene rings is 1. The number of carbonyl (C=O) groups is 2. The minimum atomic E-state index is -1.15. The Morgan fingerprint density at radius 1 is 1.35 bits per heavy atom. The van der Waals surface area contributed by atoms with E-state index in [1.54, 1.807) is 12.1 Å². The number of nitrogens with one attached hydrogen (secondary N) is 1. The highest BCUT2D eigenvalue weighted by atomic mass is 16.5. The Kier molecular flexibility index (Phi) is 4.54. The van der Waals surface area contributed by atoms with Crippen molar-refractivity contribution in [1.29, 1.82) is 0 Å². The molecule has 0 aliphatic carbocycles. The van der Waals surface area contributed by atoms with Crippen molar-refractivity contribution in [1.82, 2.24) is 10.3 Å². The molecule has 8 heteroatoms.